The second kappa shape index (κ2) is 11.4. The molecule has 40 heavy (non-hydrogen) atoms. The third kappa shape index (κ3) is 6.02. The Bertz CT molecular complexity index is 1560. The van der Waals surface area contributed by atoms with Gasteiger partial charge in [0.1, 0.15) is 5.75 Å². The summed E-state index contributed by atoms with van der Waals surface area (Å²) in [6, 6.07) is 19.4. The van der Waals surface area contributed by atoms with Crippen molar-refractivity contribution in [3.8, 4) is 5.75 Å². The van der Waals surface area contributed by atoms with Crippen molar-refractivity contribution >= 4 is 34.4 Å². The van der Waals surface area contributed by atoms with Gasteiger partial charge in [-0.15, -0.1) is 0 Å². The Morgan fingerprint density at radius 1 is 1.02 bits per heavy atom. The highest BCUT2D eigenvalue weighted by atomic mass is 35.5. The number of fused-ring (bicyclic) bond motifs is 1. The highest BCUT2D eigenvalue weighted by Gasteiger charge is 2.20. The minimum Gasteiger partial charge on any atom is -0.479 e. The van der Waals surface area contributed by atoms with Crippen molar-refractivity contribution in [3.63, 3.8) is 0 Å². The van der Waals surface area contributed by atoms with Crippen LogP contribution in [0.1, 0.15) is 79.0 Å². The number of hydrogen-bond acceptors (Lipinski definition) is 3. The average Bonchev–Trinajstić information content (AvgIpc) is 3.14. The fourth-order valence-electron chi connectivity index (χ4n) is 4.81. The van der Waals surface area contributed by atoms with E-state index in [1.165, 1.54) is 12.5 Å². The summed E-state index contributed by atoms with van der Waals surface area (Å²) in [5, 5.41) is 13.7. The van der Waals surface area contributed by atoms with E-state index < -0.39 is 12.1 Å². The number of amides is 1. The molecule has 6 nitrogen and oxygen atoms in total. The van der Waals surface area contributed by atoms with Crippen molar-refractivity contribution < 1.29 is 19.4 Å². The molecule has 0 aliphatic carbocycles. The van der Waals surface area contributed by atoms with Gasteiger partial charge in [0.2, 0.25) is 0 Å². The molecule has 7 heteroatoms. The van der Waals surface area contributed by atoms with Crippen molar-refractivity contribution in [2.45, 2.75) is 72.6 Å². The summed E-state index contributed by atoms with van der Waals surface area (Å²) in [4.78, 5) is 24.5. The lowest BCUT2D eigenvalue weighted by molar-refractivity contribution is -0.144. The van der Waals surface area contributed by atoms with Gasteiger partial charge in [-0.2, -0.15) is 0 Å². The molecule has 2 N–H and O–H groups in total. The molecule has 2 unspecified atom stereocenters. The number of nitrogens with one attached hydrogen (secondary N) is 1. The number of ether oxygens (including phenoxy) is 1. The summed E-state index contributed by atoms with van der Waals surface area (Å²) in [5.41, 5.74) is 6.92. The number of nitrogens with zero attached hydrogens (tertiary/aromatic N) is 1. The fourth-order valence-corrected chi connectivity index (χ4v) is 5.04. The van der Waals surface area contributed by atoms with Gasteiger partial charge in [-0.25, -0.2) is 4.79 Å². The Hall–Kier alpha value is -3.77. The van der Waals surface area contributed by atoms with Crippen LogP contribution in [0.3, 0.4) is 0 Å². The number of aliphatic carboxylic acids is 1. The van der Waals surface area contributed by atoms with Gasteiger partial charge in [0.05, 0.1) is 11.1 Å². The first-order chi connectivity index (χ1) is 18.8. The second-order valence-corrected chi connectivity index (χ2v) is 11.8. The van der Waals surface area contributed by atoms with Crippen LogP contribution in [0.25, 0.3) is 10.9 Å². The standard InChI is InChI=1S/C33H37ClN2O4/c1-19-21(3)36(18-25-9-8-10-29(30(25)34)40-22(4)32(38)39)28-16-13-24(17-27(19)28)31(37)35-20(2)23-11-14-26(15-12-23)33(5,6)7/h8-17,20,22H,18H2,1-7H3,(H,35,37)(H,38,39). The topological polar surface area (TPSA) is 80.6 Å². The zero-order chi connectivity index (χ0) is 29.4. The number of halogens is 1. The van der Waals surface area contributed by atoms with Crippen LogP contribution >= 0.6 is 11.6 Å². The van der Waals surface area contributed by atoms with Crippen LogP contribution in [0.2, 0.25) is 5.02 Å². The van der Waals surface area contributed by atoms with Gasteiger partial charge in [-0.3, -0.25) is 4.79 Å². The first kappa shape index (κ1) is 29.2. The number of aryl methyl sites for hydroxylation is 1. The molecule has 0 saturated heterocycles. The predicted molar refractivity (Wildman–Crippen MR) is 161 cm³/mol. The summed E-state index contributed by atoms with van der Waals surface area (Å²) in [6.45, 7) is 14.6. The molecule has 1 amide bonds. The number of hydrogen-bond donors (Lipinski definition) is 2. The Morgan fingerprint density at radius 3 is 2.33 bits per heavy atom. The number of aromatic nitrogens is 1. The van der Waals surface area contributed by atoms with Gasteiger partial charge < -0.3 is 19.7 Å². The molecule has 0 radical (unpaired) electrons. The average molecular weight is 561 g/mol. The molecule has 0 bridgehead atoms. The highest BCUT2D eigenvalue weighted by Crippen LogP contribution is 2.33. The van der Waals surface area contributed by atoms with Gasteiger partial charge >= 0.3 is 5.97 Å². The number of carboxylic acids is 1. The van der Waals surface area contributed by atoms with Crippen molar-refractivity contribution in [1.82, 2.24) is 9.88 Å². The van der Waals surface area contributed by atoms with E-state index in [2.05, 4.69) is 54.9 Å². The summed E-state index contributed by atoms with van der Waals surface area (Å²) in [7, 11) is 0. The Balaban J connectivity index is 1.57. The molecule has 4 aromatic rings. The summed E-state index contributed by atoms with van der Waals surface area (Å²) in [5.74, 6) is -0.849. The molecular weight excluding hydrogens is 524 g/mol. The largest absolute Gasteiger partial charge is 0.479 e. The third-order valence-corrected chi connectivity index (χ3v) is 7.98. The predicted octanol–water partition coefficient (Wildman–Crippen LogP) is 7.60. The van der Waals surface area contributed by atoms with Crippen LogP contribution in [0.15, 0.2) is 60.7 Å². The van der Waals surface area contributed by atoms with Crippen LogP contribution in [0.4, 0.5) is 0 Å². The Morgan fingerprint density at radius 2 is 1.70 bits per heavy atom. The number of carbonyl (C=O) groups is 2. The monoisotopic (exact) mass is 560 g/mol. The van der Waals surface area contributed by atoms with Gasteiger partial charge in [-0.05, 0) is 79.6 Å². The maximum atomic E-state index is 13.2. The van der Waals surface area contributed by atoms with Gasteiger partial charge in [-0.1, -0.05) is 68.8 Å². The Labute approximate surface area is 240 Å². The first-order valence-electron chi connectivity index (χ1n) is 13.5. The SMILES string of the molecule is Cc1c(C)n(Cc2cccc(OC(C)C(=O)O)c2Cl)c2ccc(C(=O)NC(C)c3ccc(C(C)(C)C)cc3)cc12. The number of carboxylic acid groups (broad SMARTS) is 1. The molecule has 0 aliphatic rings. The fraction of sp³-hybridized carbons (Fsp3) is 0.333. The summed E-state index contributed by atoms with van der Waals surface area (Å²) >= 11 is 6.63. The highest BCUT2D eigenvalue weighted by molar-refractivity contribution is 6.32. The maximum Gasteiger partial charge on any atom is 0.344 e. The molecule has 3 aromatic carbocycles. The van der Waals surface area contributed by atoms with E-state index >= 15 is 0 Å². The van der Waals surface area contributed by atoms with Gasteiger partial charge in [0, 0.05) is 28.7 Å². The molecule has 0 spiro atoms. The molecule has 2 atom stereocenters. The van der Waals surface area contributed by atoms with E-state index in [-0.39, 0.29) is 17.4 Å². The Kier molecular flexibility index (Phi) is 8.31. The van der Waals surface area contributed by atoms with E-state index in [4.69, 9.17) is 16.3 Å². The zero-order valence-corrected chi connectivity index (χ0v) is 24.9. The number of rotatable bonds is 8. The third-order valence-electron chi connectivity index (χ3n) is 7.55. The van der Waals surface area contributed by atoms with Crippen molar-refractivity contribution in [3.05, 3.63) is 99.2 Å². The van der Waals surface area contributed by atoms with E-state index in [9.17, 15) is 14.7 Å². The molecule has 0 aliphatic heterocycles. The quantitative estimate of drug-likeness (QED) is 0.232. The zero-order valence-electron chi connectivity index (χ0n) is 24.1. The van der Waals surface area contributed by atoms with E-state index in [0.29, 0.717) is 22.9 Å². The van der Waals surface area contributed by atoms with Crippen molar-refractivity contribution in [1.29, 1.82) is 0 Å². The molecule has 4 rings (SSSR count). The molecule has 0 fully saturated rings. The van der Waals surface area contributed by atoms with Crippen LogP contribution in [0.5, 0.6) is 5.75 Å². The minimum atomic E-state index is -1.06. The van der Waals surface area contributed by atoms with Gasteiger partial charge in [0.15, 0.2) is 6.10 Å². The molecular formula is C33H37ClN2O4. The van der Waals surface area contributed by atoms with Crippen LogP contribution in [-0.2, 0) is 16.8 Å². The second-order valence-electron chi connectivity index (χ2n) is 11.4. The van der Waals surface area contributed by atoms with E-state index in [1.807, 2.05) is 45.0 Å². The smallest absolute Gasteiger partial charge is 0.344 e. The van der Waals surface area contributed by atoms with Crippen molar-refractivity contribution in [2.24, 2.45) is 0 Å². The van der Waals surface area contributed by atoms with E-state index in [1.54, 1.807) is 12.1 Å². The lowest BCUT2D eigenvalue weighted by atomic mass is 9.86. The van der Waals surface area contributed by atoms with Crippen LogP contribution < -0.4 is 10.1 Å². The number of carbonyl (C=O) groups excluding carboxylic acids is 1. The van der Waals surface area contributed by atoms with Crippen molar-refractivity contribution in [2.75, 3.05) is 0 Å². The molecule has 0 saturated carbocycles. The van der Waals surface area contributed by atoms with Crippen LogP contribution in [-0.4, -0.2) is 27.7 Å². The number of benzene rings is 3. The lowest BCUT2D eigenvalue weighted by Gasteiger charge is -2.21. The normalized spacial score (nSPS) is 13.2. The maximum absolute atomic E-state index is 13.2. The molecule has 1 aromatic heterocycles. The summed E-state index contributed by atoms with van der Waals surface area (Å²) in [6.07, 6.45) is -1.01. The van der Waals surface area contributed by atoms with Crippen LogP contribution in [0, 0.1) is 13.8 Å². The molecule has 1 heterocycles. The summed E-state index contributed by atoms with van der Waals surface area (Å²) < 4.78 is 7.70. The minimum absolute atomic E-state index is 0.0770. The van der Waals surface area contributed by atoms with E-state index in [0.717, 1.165) is 33.3 Å². The molecule has 210 valence electrons. The first-order valence-corrected chi connectivity index (χ1v) is 13.8. The van der Waals surface area contributed by atoms with Gasteiger partial charge in [0.25, 0.3) is 5.91 Å². The lowest BCUT2D eigenvalue weighted by Crippen LogP contribution is -2.26.